The number of rotatable bonds is 9. The Labute approximate surface area is 174 Å². The van der Waals surface area contributed by atoms with Gasteiger partial charge in [-0.25, -0.2) is 0 Å². The third-order valence-corrected chi connectivity index (χ3v) is 5.33. The smallest absolute Gasteiger partial charge is 0.261 e. The largest absolute Gasteiger partial charge is 0.497 e. The molecule has 1 heterocycles. The summed E-state index contributed by atoms with van der Waals surface area (Å²) in [6.45, 7) is 5.85. The molecular weight excluding hydrogens is 364 g/mol. The maximum Gasteiger partial charge on any atom is 0.261 e. The number of hydrogen-bond donors (Lipinski definition) is 1. The van der Waals surface area contributed by atoms with Crippen LogP contribution >= 0.6 is 0 Å². The van der Waals surface area contributed by atoms with Gasteiger partial charge in [-0.3, -0.25) is 9.69 Å². The van der Waals surface area contributed by atoms with Gasteiger partial charge in [0.25, 0.3) is 5.91 Å². The van der Waals surface area contributed by atoms with E-state index in [9.17, 15) is 4.79 Å². The van der Waals surface area contributed by atoms with Gasteiger partial charge in [0.15, 0.2) is 6.10 Å². The molecule has 0 aliphatic carbocycles. The molecule has 1 aliphatic heterocycles. The van der Waals surface area contributed by atoms with Gasteiger partial charge in [-0.05, 0) is 55.6 Å². The number of benzene rings is 2. The normalized spacial score (nSPS) is 15.5. The molecule has 29 heavy (non-hydrogen) atoms. The minimum atomic E-state index is -0.527. The standard InChI is InChI=1S/C24H32N2O3/c1-3-23(29-22-9-7-8-21(16-22)28-2)24(27)25-17-19-10-12-20(13-11-19)18-26-14-5-4-6-15-26/h7-13,16,23H,3-6,14-15,17-18H2,1-2H3,(H,25,27)/t23-/m0/s1. The average molecular weight is 397 g/mol. The molecule has 1 amide bonds. The second kappa shape index (κ2) is 10.9. The van der Waals surface area contributed by atoms with Crippen molar-refractivity contribution in [1.29, 1.82) is 0 Å². The van der Waals surface area contributed by atoms with Crippen molar-refractivity contribution in [2.24, 2.45) is 0 Å². The van der Waals surface area contributed by atoms with Crippen LogP contribution in [-0.2, 0) is 17.9 Å². The third kappa shape index (κ3) is 6.50. The maximum absolute atomic E-state index is 12.6. The Morgan fingerprint density at radius 2 is 1.72 bits per heavy atom. The predicted octanol–water partition coefficient (Wildman–Crippen LogP) is 4.15. The number of hydrogen-bond acceptors (Lipinski definition) is 4. The van der Waals surface area contributed by atoms with Crippen LogP contribution in [0.3, 0.4) is 0 Å². The Morgan fingerprint density at radius 3 is 2.41 bits per heavy atom. The first-order valence-corrected chi connectivity index (χ1v) is 10.6. The predicted molar refractivity (Wildman–Crippen MR) is 115 cm³/mol. The van der Waals surface area contributed by atoms with Crippen molar-refractivity contribution in [2.45, 2.75) is 51.8 Å². The lowest BCUT2D eigenvalue weighted by molar-refractivity contribution is -0.128. The van der Waals surface area contributed by atoms with Crippen molar-refractivity contribution in [3.05, 3.63) is 59.7 Å². The Bertz CT molecular complexity index is 770. The molecule has 1 atom stereocenters. The number of carbonyl (C=O) groups is 1. The van der Waals surface area contributed by atoms with E-state index in [4.69, 9.17) is 9.47 Å². The molecule has 1 aliphatic rings. The van der Waals surface area contributed by atoms with E-state index in [1.54, 1.807) is 13.2 Å². The number of methoxy groups -OCH3 is 1. The summed E-state index contributed by atoms with van der Waals surface area (Å²) in [5.41, 5.74) is 2.42. The van der Waals surface area contributed by atoms with Crippen molar-refractivity contribution in [3.8, 4) is 11.5 Å². The summed E-state index contributed by atoms with van der Waals surface area (Å²) in [5.74, 6) is 1.24. The second-order valence-electron chi connectivity index (χ2n) is 7.56. The second-order valence-corrected chi connectivity index (χ2v) is 7.56. The molecule has 1 saturated heterocycles. The Kier molecular flexibility index (Phi) is 7.94. The number of carbonyl (C=O) groups excluding carboxylic acids is 1. The highest BCUT2D eigenvalue weighted by Gasteiger charge is 2.18. The molecule has 0 saturated carbocycles. The number of ether oxygens (including phenoxy) is 2. The first-order chi connectivity index (χ1) is 14.2. The minimum absolute atomic E-state index is 0.104. The van der Waals surface area contributed by atoms with Gasteiger partial charge < -0.3 is 14.8 Å². The van der Waals surface area contributed by atoms with Crippen LogP contribution in [0.4, 0.5) is 0 Å². The summed E-state index contributed by atoms with van der Waals surface area (Å²) in [7, 11) is 1.61. The molecule has 0 aromatic heterocycles. The highest BCUT2D eigenvalue weighted by atomic mass is 16.5. The molecule has 2 aromatic rings. The van der Waals surface area contributed by atoms with Gasteiger partial charge in [-0.1, -0.05) is 43.7 Å². The van der Waals surface area contributed by atoms with Crippen LogP contribution in [-0.4, -0.2) is 37.1 Å². The van der Waals surface area contributed by atoms with Gasteiger partial charge in [0.1, 0.15) is 11.5 Å². The zero-order valence-corrected chi connectivity index (χ0v) is 17.5. The number of likely N-dealkylation sites (tertiary alicyclic amines) is 1. The summed E-state index contributed by atoms with van der Waals surface area (Å²) >= 11 is 0. The highest BCUT2D eigenvalue weighted by Crippen LogP contribution is 2.21. The van der Waals surface area contributed by atoms with Crippen molar-refractivity contribution in [1.82, 2.24) is 10.2 Å². The van der Waals surface area contributed by atoms with Crippen molar-refractivity contribution in [2.75, 3.05) is 20.2 Å². The summed E-state index contributed by atoms with van der Waals surface area (Å²) in [5, 5.41) is 2.99. The zero-order chi connectivity index (χ0) is 20.5. The number of amides is 1. The van der Waals surface area contributed by atoms with Crippen LogP contribution < -0.4 is 14.8 Å². The number of piperidine rings is 1. The number of nitrogens with zero attached hydrogens (tertiary/aromatic N) is 1. The summed E-state index contributed by atoms with van der Waals surface area (Å²) in [6, 6.07) is 15.9. The maximum atomic E-state index is 12.6. The molecule has 5 nitrogen and oxygen atoms in total. The van der Waals surface area contributed by atoms with Gasteiger partial charge in [-0.15, -0.1) is 0 Å². The van der Waals surface area contributed by atoms with E-state index in [0.29, 0.717) is 24.5 Å². The van der Waals surface area contributed by atoms with Gasteiger partial charge in [0, 0.05) is 19.2 Å². The molecular formula is C24H32N2O3. The Balaban J connectivity index is 1.49. The molecule has 0 spiro atoms. The highest BCUT2D eigenvalue weighted by molar-refractivity contribution is 5.81. The third-order valence-electron chi connectivity index (χ3n) is 5.33. The fourth-order valence-electron chi connectivity index (χ4n) is 3.60. The number of nitrogens with one attached hydrogen (secondary N) is 1. The molecule has 156 valence electrons. The van der Waals surface area contributed by atoms with E-state index in [1.165, 1.54) is 37.9 Å². The molecule has 0 unspecified atom stereocenters. The van der Waals surface area contributed by atoms with E-state index in [-0.39, 0.29) is 5.91 Å². The van der Waals surface area contributed by atoms with E-state index in [1.807, 2.05) is 25.1 Å². The van der Waals surface area contributed by atoms with Gasteiger partial charge in [0.05, 0.1) is 7.11 Å². The lowest BCUT2D eigenvalue weighted by atomic mass is 10.1. The fraction of sp³-hybridized carbons (Fsp3) is 0.458. The van der Waals surface area contributed by atoms with Gasteiger partial charge in [0.2, 0.25) is 0 Å². The first kappa shape index (κ1) is 21.2. The van der Waals surface area contributed by atoms with Crippen molar-refractivity contribution >= 4 is 5.91 Å². The molecule has 0 radical (unpaired) electrons. The molecule has 0 bridgehead atoms. The monoisotopic (exact) mass is 396 g/mol. The van der Waals surface area contributed by atoms with E-state index in [2.05, 4.69) is 34.5 Å². The summed E-state index contributed by atoms with van der Waals surface area (Å²) in [4.78, 5) is 15.1. The van der Waals surface area contributed by atoms with E-state index in [0.717, 1.165) is 12.1 Å². The van der Waals surface area contributed by atoms with Crippen LogP contribution in [0, 0.1) is 0 Å². The van der Waals surface area contributed by atoms with E-state index < -0.39 is 6.10 Å². The zero-order valence-electron chi connectivity index (χ0n) is 17.5. The van der Waals surface area contributed by atoms with Crippen LogP contribution in [0.2, 0.25) is 0 Å². The Morgan fingerprint density at radius 1 is 1.03 bits per heavy atom. The topological polar surface area (TPSA) is 50.8 Å². The minimum Gasteiger partial charge on any atom is -0.497 e. The summed E-state index contributed by atoms with van der Waals surface area (Å²) in [6.07, 6.45) is 4.04. The quantitative estimate of drug-likeness (QED) is 0.692. The summed E-state index contributed by atoms with van der Waals surface area (Å²) < 4.78 is 11.1. The van der Waals surface area contributed by atoms with Crippen molar-refractivity contribution < 1.29 is 14.3 Å². The van der Waals surface area contributed by atoms with Gasteiger partial charge >= 0.3 is 0 Å². The van der Waals surface area contributed by atoms with Crippen molar-refractivity contribution in [3.63, 3.8) is 0 Å². The molecule has 5 heteroatoms. The molecule has 3 rings (SSSR count). The SMILES string of the molecule is CC[C@H](Oc1cccc(OC)c1)C(=O)NCc1ccc(CN2CCCCC2)cc1. The molecule has 1 N–H and O–H groups in total. The average Bonchev–Trinajstić information content (AvgIpc) is 2.77. The van der Waals surface area contributed by atoms with Crippen LogP contribution in [0.15, 0.2) is 48.5 Å². The van der Waals surface area contributed by atoms with Crippen LogP contribution in [0.1, 0.15) is 43.7 Å². The fourth-order valence-corrected chi connectivity index (χ4v) is 3.60. The molecule has 1 fully saturated rings. The van der Waals surface area contributed by atoms with E-state index >= 15 is 0 Å². The van der Waals surface area contributed by atoms with Gasteiger partial charge in [-0.2, -0.15) is 0 Å². The Hall–Kier alpha value is -2.53. The van der Waals surface area contributed by atoms with Crippen LogP contribution in [0.5, 0.6) is 11.5 Å². The molecule has 2 aromatic carbocycles. The van der Waals surface area contributed by atoms with Crippen LogP contribution in [0.25, 0.3) is 0 Å². The first-order valence-electron chi connectivity index (χ1n) is 10.6. The lowest BCUT2D eigenvalue weighted by Gasteiger charge is -2.26. The lowest BCUT2D eigenvalue weighted by Crippen LogP contribution is -2.37.